The summed E-state index contributed by atoms with van der Waals surface area (Å²) in [6.45, 7) is 38.9. The zero-order chi connectivity index (χ0) is 52.4. The molecule has 0 aromatic heterocycles. The molecular formula is C48H120N10O9. The van der Waals surface area contributed by atoms with E-state index in [4.69, 9.17) is 89.5 Å². The molecule has 10 unspecified atom stereocenters. The fourth-order valence-electron chi connectivity index (χ4n) is 4.30. The molecule has 19 N–H and O–H groups in total. The second-order valence-electron chi connectivity index (χ2n) is 18.6. The van der Waals surface area contributed by atoms with Gasteiger partial charge in [-0.3, -0.25) is 0 Å². The summed E-state index contributed by atoms with van der Waals surface area (Å²) in [4.78, 5) is 0. The van der Waals surface area contributed by atoms with Crippen molar-refractivity contribution in [1.82, 2.24) is 5.32 Å². The van der Waals surface area contributed by atoms with Gasteiger partial charge in [0.25, 0.3) is 0 Å². The quantitative estimate of drug-likeness (QED) is 0.0408. The number of methoxy groups -OCH3 is 2. The molecule has 0 saturated heterocycles. The van der Waals surface area contributed by atoms with Crippen molar-refractivity contribution in [1.29, 1.82) is 0 Å². The van der Waals surface area contributed by atoms with E-state index in [9.17, 15) is 0 Å². The van der Waals surface area contributed by atoms with Crippen molar-refractivity contribution >= 4 is 0 Å². The average molecular weight is 982 g/mol. The highest BCUT2D eigenvalue weighted by Gasteiger charge is 2.30. The van der Waals surface area contributed by atoms with Gasteiger partial charge in [0.05, 0.1) is 99.1 Å². The second-order valence-corrected chi connectivity index (χ2v) is 18.6. The van der Waals surface area contributed by atoms with E-state index >= 15 is 0 Å². The van der Waals surface area contributed by atoms with Crippen molar-refractivity contribution in [2.75, 3.05) is 126 Å². The molecule has 0 aliphatic rings. The molecule has 0 aliphatic heterocycles. The van der Waals surface area contributed by atoms with Gasteiger partial charge in [0.1, 0.15) is 0 Å². The summed E-state index contributed by atoms with van der Waals surface area (Å²) in [5.41, 5.74) is 49.5. The average Bonchev–Trinajstić information content (AvgIpc) is 3.18. The minimum absolute atomic E-state index is 0. The van der Waals surface area contributed by atoms with E-state index in [0.717, 1.165) is 32.6 Å². The van der Waals surface area contributed by atoms with E-state index in [0.29, 0.717) is 104 Å². The Morgan fingerprint density at radius 1 is 0.373 bits per heavy atom. The lowest BCUT2D eigenvalue weighted by Crippen LogP contribution is -2.40. The van der Waals surface area contributed by atoms with Crippen LogP contribution in [0.1, 0.15) is 117 Å². The Balaban J connectivity index is -0.000000136. The molecule has 0 fully saturated rings. The lowest BCUT2D eigenvalue weighted by atomic mass is 9.88. The third kappa shape index (κ3) is 88.7. The van der Waals surface area contributed by atoms with Gasteiger partial charge < -0.3 is 99.6 Å². The Labute approximate surface area is 414 Å². The summed E-state index contributed by atoms with van der Waals surface area (Å²) in [6, 6.07) is 1.35. The summed E-state index contributed by atoms with van der Waals surface area (Å²) in [7, 11) is 3.29. The van der Waals surface area contributed by atoms with Gasteiger partial charge in [-0.15, -0.1) is 0 Å². The van der Waals surface area contributed by atoms with Crippen LogP contribution in [-0.2, 0) is 42.6 Å². The first kappa shape index (κ1) is 80.3. The van der Waals surface area contributed by atoms with Gasteiger partial charge in [-0.1, -0.05) is 35.1 Å². The molecule has 0 aromatic carbocycles. The Kier molecular flexibility index (Phi) is 71.4. The highest BCUT2D eigenvalue weighted by atomic mass is 16.5. The van der Waals surface area contributed by atoms with E-state index in [1.54, 1.807) is 14.2 Å². The predicted octanol–water partition coefficient (Wildman–Crippen LogP) is 2.53. The maximum Gasteiger partial charge on any atom is 0.0701 e. The van der Waals surface area contributed by atoms with Crippen LogP contribution in [0.25, 0.3) is 0 Å². The first-order valence-corrected chi connectivity index (χ1v) is 24.3. The van der Waals surface area contributed by atoms with Crippen molar-refractivity contribution in [2.45, 2.75) is 178 Å². The molecule has 0 amide bonds. The standard InChI is InChI=1S/C15H35N3O3.C9H22N2O.C7H17NO.C6H16N2O.C6H15NO2.C4H11NO.CH4/c1-5-15(9-19-6-12(2)16,10-20-7-13(3)17)11-21-8-14(4)18;1-4-5-11-9(3)7-12-6-8(2)10;1-6(2)4-9-5-7(3)8;1-5(7)3-9-4-6(2)8;1-6(7)5-9-4-3-8-2;1-4(5)3-6-2;/h12-14H,5-11,16-18H2,1-4H3;8-9,11H,4-7,10H2,1-3H3;6-7H,4-5,8H2,1-3H3;5-6H,3-4,7-8H2,1-2H3;6H,3-5,7H2,1-2H3;4H,3,5H2,1-2H3;1H4. The van der Waals surface area contributed by atoms with Crippen molar-refractivity contribution in [2.24, 2.45) is 62.9 Å². The van der Waals surface area contributed by atoms with Gasteiger partial charge in [0, 0.05) is 86.7 Å². The van der Waals surface area contributed by atoms with E-state index in [2.05, 4.69) is 44.7 Å². The van der Waals surface area contributed by atoms with E-state index in [-0.39, 0.29) is 67.2 Å². The molecule has 0 heterocycles. The van der Waals surface area contributed by atoms with Gasteiger partial charge >= 0.3 is 0 Å². The number of rotatable bonds is 35. The number of hydrogen-bond acceptors (Lipinski definition) is 19. The Bertz CT molecular complexity index is 812. The molecule has 10 atom stereocenters. The second kappa shape index (κ2) is 59.5. The molecule has 19 heteroatoms. The van der Waals surface area contributed by atoms with Crippen LogP contribution in [0, 0.1) is 11.3 Å². The van der Waals surface area contributed by atoms with Crippen molar-refractivity contribution in [3.05, 3.63) is 0 Å². The normalized spacial score (nSPS) is 16.2. The summed E-state index contributed by atoms with van der Waals surface area (Å²) < 4.78 is 47.4. The maximum atomic E-state index is 5.72. The van der Waals surface area contributed by atoms with Crippen LogP contribution in [0.5, 0.6) is 0 Å². The van der Waals surface area contributed by atoms with Crippen molar-refractivity contribution < 1.29 is 42.6 Å². The molecule has 19 nitrogen and oxygen atoms in total. The van der Waals surface area contributed by atoms with Crippen molar-refractivity contribution in [3.8, 4) is 0 Å². The lowest BCUT2D eigenvalue weighted by molar-refractivity contribution is -0.0750. The molecule has 67 heavy (non-hydrogen) atoms. The van der Waals surface area contributed by atoms with Crippen molar-refractivity contribution in [3.63, 3.8) is 0 Å². The maximum absolute atomic E-state index is 5.72. The first-order chi connectivity index (χ1) is 30.8. The highest BCUT2D eigenvalue weighted by Crippen LogP contribution is 2.24. The van der Waals surface area contributed by atoms with Crippen LogP contribution in [0.3, 0.4) is 0 Å². The minimum Gasteiger partial charge on any atom is -0.383 e. The number of ether oxygens (including phenoxy) is 9. The molecule has 0 aliphatic carbocycles. The van der Waals surface area contributed by atoms with E-state index in [1.807, 2.05) is 62.3 Å². The molecular weight excluding hydrogens is 861 g/mol. The van der Waals surface area contributed by atoms with Crippen LogP contribution < -0.4 is 56.9 Å². The fraction of sp³-hybridized carbons (Fsp3) is 1.00. The van der Waals surface area contributed by atoms with Gasteiger partial charge in [0.2, 0.25) is 0 Å². The fourth-order valence-corrected chi connectivity index (χ4v) is 4.30. The zero-order valence-electron chi connectivity index (χ0n) is 45.7. The van der Waals surface area contributed by atoms with Gasteiger partial charge in [-0.25, -0.2) is 0 Å². The number of hydrogen-bond donors (Lipinski definition) is 10. The van der Waals surface area contributed by atoms with Crippen LogP contribution >= 0.6 is 0 Å². The smallest absolute Gasteiger partial charge is 0.0701 e. The predicted molar refractivity (Wildman–Crippen MR) is 284 cm³/mol. The van der Waals surface area contributed by atoms with Gasteiger partial charge in [0.15, 0.2) is 0 Å². The lowest BCUT2D eigenvalue weighted by Gasteiger charge is -2.33. The largest absolute Gasteiger partial charge is 0.383 e. The number of nitrogens with two attached hydrogens (primary N) is 9. The third-order valence-electron chi connectivity index (χ3n) is 7.44. The Morgan fingerprint density at radius 2 is 0.672 bits per heavy atom. The minimum atomic E-state index is -0.182. The summed E-state index contributed by atoms with van der Waals surface area (Å²) in [5, 5.41) is 3.34. The molecule has 0 rings (SSSR count). The molecule has 0 bridgehead atoms. The molecule has 0 aromatic rings. The van der Waals surface area contributed by atoms with Gasteiger partial charge in [-0.2, -0.15) is 0 Å². The molecule has 0 radical (unpaired) electrons. The van der Waals surface area contributed by atoms with E-state index < -0.39 is 0 Å². The van der Waals surface area contributed by atoms with Crippen LogP contribution in [0.4, 0.5) is 0 Å². The van der Waals surface area contributed by atoms with Gasteiger partial charge in [-0.05, 0) is 94.5 Å². The molecule has 416 valence electrons. The first-order valence-electron chi connectivity index (χ1n) is 24.3. The monoisotopic (exact) mass is 981 g/mol. The Hall–Kier alpha value is -0.760. The summed E-state index contributed by atoms with van der Waals surface area (Å²) in [5.74, 6) is 0.615. The number of nitrogens with one attached hydrogen (secondary N) is 1. The molecule has 0 spiro atoms. The summed E-state index contributed by atoms with van der Waals surface area (Å²) >= 11 is 0. The summed E-state index contributed by atoms with van der Waals surface area (Å²) in [6.07, 6.45) is 2.06. The highest BCUT2D eigenvalue weighted by molar-refractivity contribution is 4.78. The van der Waals surface area contributed by atoms with Crippen LogP contribution in [-0.4, -0.2) is 187 Å². The van der Waals surface area contributed by atoms with E-state index in [1.165, 1.54) is 0 Å². The third-order valence-corrected chi connectivity index (χ3v) is 7.44. The zero-order valence-corrected chi connectivity index (χ0v) is 45.7. The van der Waals surface area contributed by atoms with Crippen LogP contribution in [0.15, 0.2) is 0 Å². The topological polar surface area (TPSA) is 329 Å². The molecule has 0 saturated carbocycles. The SMILES string of the molecule is C.CC(C)COCC(C)N.CC(N)COCC(C)N.CCC(COCC(C)N)(COCC(C)N)COCC(C)N.CCCNC(C)COCC(C)N.COCC(C)N.COCCOCC(C)N. The van der Waals surface area contributed by atoms with Crippen LogP contribution in [0.2, 0.25) is 0 Å². The Morgan fingerprint density at radius 3 is 0.925 bits per heavy atom.